The molecule has 1 aromatic rings. The molecular weight excluding hydrogens is 415 g/mol. The molecule has 0 radical (unpaired) electrons. The fourth-order valence-corrected chi connectivity index (χ4v) is 2.23. The summed E-state index contributed by atoms with van der Waals surface area (Å²) >= 11 is 0. The molecule has 0 bridgehead atoms. The summed E-state index contributed by atoms with van der Waals surface area (Å²) in [6.45, 7) is 7.83. The molecule has 0 aromatic heterocycles. The first-order chi connectivity index (χ1) is 11.1. The molecule has 2 N–H and O–H groups in total. The van der Waals surface area contributed by atoms with Crippen molar-refractivity contribution in [2.24, 2.45) is 4.99 Å². The zero-order valence-electron chi connectivity index (χ0n) is 14.8. The van der Waals surface area contributed by atoms with E-state index in [0.717, 1.165) is 30.9 Å². The quantitative estimate of drug-likeness (QED) is 0.213. The molecule has 134 valence electrons. The van der Waals surface area contributed by atoms with E-state index in [-0.39, 0.29) is 29.9 Å². The summed E-state index contributed by atoms with van der Waals surface area (Å²) in [4.78, 5) is 18.3. The second-order valence-electron chi connectivity index (χ2n) is 5.31. The number of carbonyl (C=O) groups excluding carboxylic acids is 1. The largest absolute Gasteiger partial charge is 0.352 e. The summed E-state index contributed by atoms with van der Waals surface area (Å²) < 4.78 is 0. The average molecular weight is 444 g/mol. The summed E-state index contributed by atoms with van der Waals surface area (Å²) in [6, 6.07) is 7.63. The van der Waals surface area contributed by atoms with Gasteiger partial charge in [0.1, 0.15) is 0 Å². The van der Waals surface area contributed by atoms with E-state index >= 15 is 0 Å². The van der Waals surface area contributed by atoms with Crippen LogP contribution in [0.25, 0.3) is 0 Å². The minimum absolute atomic E-state index is 0. The fourth-order valence-electron chi connectivity index (χ4n) is 2.23. The Bertz CT molecular complexity index is 546. The molecule has 0 unspecified atom stereocenters. The number of hydrogen-bond acceptors (Lipinski definition) is 2. The Hall–Kier alpha value is -1.57. The first kappa shape index (κ1) is 22.4. The zero-order chi connectivity index (χ0) is 17.1. The van der Waals surface area contributed by atoms with Crippen LogP contribution < -0.4 is 10.6 Å². The second-order valence-corrected chi connectivity index (χ2v) is 5.31. The highest BCUT2D eigenvalue weighted by atomic mass is 127. The third kappa shape index (κ3) is 7.81. The molecule has 0 spiro atoms. The minimum Gasteiger partial charge on any atom is -0.352 e. The monoisotopic (exact) mass is 444 g/mol. The van der Waals surface area contributed by atoms with E-state index in [1.807, 2.05) is 44.3 Å². The van der Waals surface area contributed by atoms with Gasteiger partial charge >= 0.3 is 0 Å². The van der Waals surface area contributed by atoms with Crippen LogP contribution in [0.3, 0.4) is 0 Å². The summed E-state index contributed by atoms with van der Waals surface area (Å²) in [5.74, 6) is 0.803. The van der Waals surface area contributed by atoms with Crippen molar-refractivity contribution in [2.75, 3.05) is 27.2 Å². The maximum Gasteiger partial charge on any atom is 0.251 e. The lowest BCUT2D eigenvalue weighted by Gasteiger charge is -2.22. The van der Waals surface area contributed by atoms with Gasteiger partial charge in [-0.05, 0) is 37.5 Å². The van der Waals surface area contributed by atoms with Gasteiger partial charge in [0.25, 0.3) is 5.91 Å². The van der Waals surface area contributed by atoms with Gasteiger partial charge < -0.3 is 15.5 Å². The lowest BCUT2D eigenvalue weighted by Crippen LogP contribution is -2.39. The van der Waals surface area contributed by atoms with Crippen molar-refractivity contribution in [1.82, 2.24) is 15.5 Å². The van der Waals surface area contributed by atoms with Crippen LogP contribution in [0.5, 0.6) is 0 Å². The molecule has 1 aromatic carbocycles. The molecule has 24 heavy (non-hydrogen) atoms. The Labute approximate surface area is 162 Å². The van der Waals surface area contributed by atoms with Gasteiger partial charge in [0, 0.05) is 39.3 Å². The number of allylic oxidation sites excluding steroid dienone is 1. The van der Waals surface area contributed by atoms with E-state index in [9.17, 15) is 4.79 Å². The normalized spacial score (nSPS) is 10.5. The number of amides is 1. The SMILES string of the molecule is C=CCCCN(C)C(=NC)NCc1cccc(C(=O)NCC)c1.I. The molecule has 0 aliphatic heterocycles. The summed E-state index contributed by atoms with van der Waals surface area (Å²) in [7, 11) is 3.79. The highest BCUT2D eigenvalue weighted by Crippen LogP contribution is 2.05. The molecule has 0 fully saturated rings. The fraction of sp³-hybridized carbons (Fsp3) is 0.444. The maximum absolute atomic E-state index is 11.9. The first-order valence-electron chi connectivity index (χ1n) is 8.02. The first-order valence-corrected chi connectivity index (χ1v) is 8.02. The zero-order valence-corrected chi connectivity index (χ0v) is 17.2. The molecule has 0 heterocycles. The number of rotatable bonds is 8. The van der Waals surface area contributed by atoms with Crippen molar-refractivity contribution in [3.63, 3.8) is 0 Å². The molecule has 0 saturated carbocycles. The predicted molar refractivity (Wildman–Crippen MR) is 112 cm³/mol. The number of guanidine groups is 1. The van der Waals surface area contributed by atoms with Crippen LogP contribution in [-0.4, -0.2) is 44.0 Å². The number of carbonyl (C=O) groups is 1. The molecule has 1 rings (SSSR count). The van der Waals surface area contributed by atoms with Crippen LogP contribution in [0.15, 0.2) is 41.9 Å². The second kappa shape index (κ2) is 12.8. The Morgan fingerprint density at radius 3 is 2.75 bits per heavy atom. The van der Waals surface area contributed by atoms with Crippen LogP contribution >= 0.6 is 24.0 Å². The van der Waals surface area contributed by atoms with Crippen molar-refractivity contribution >= 4 is 35.8 Å². The number of nitrogens with zero attached hydrogens (tertiary/aromatic N) is 2. The Balaban J connectivity index is 0.00000529. The van der Waals surface area contributed by atoms with Gasteiger partial charge in [-0.2, -0.15) is 0 Å². The summed E-state index contributed by atoms with van der Waals surface area (Å²) in [5, 5.41) is 6.14. The number of aliphatic imine (C=N–C) groups is 1. The molecular formula is C18H29IN4O. The number of nitrogens with one attached hydrogen (secondary N) is 2. The summed E-state index contributed by atoms with van der Waals surface area (Å²) in [6.07, 6.45) is 3.97. The van der Waals surface area contributed by atoms with E-state index in [0.29, 0.717) is 18.7 Å². The van der Waals surface area contributed by atoms with Crippen molar-refractivity contribution in [2.45, 2.75) is 26.3 Å². The third-order valence-corrected chi connectivity index (χ3v) is 3.45. The van der Waals surface area contributed by atoms with Crippen LogP contribution in [0, 0.1) is 0 Å². The van der Waals surface area contributed by atoms with Gasteiger partial charge in [-0.15, -0.1) is 30.6 Å². The third-order valence-electron chi connectivity index (χ3n) is 3.45. The highest BCUT2D eigenvalue weighted by Gasteiger charge is 2.07. The van der Waals surface area contributed by atoms with Crippen LogP contribution in [0.1, 0.15) is 35.7 Å². The lowest BCUT2D eigenvalue weighted by molar-refractivity contribution is 0.0955. The number of unbranched alkanes of at least 4 members (excludes halogenated alkanes) is 1. The van der Waals surface area contributed by atoms with Gasteiger partial charge in [-0.3, -0.25) is 9.79 Å². The molecule has 0 aliphatic carbocycles. The lowest BCUT2D eigenvalue weighted by atomic mass is 10.1. The van der Waals surface area contributed by atoms with Gasteiger partial charge in [-0.25, -0.2) is 0 Å². The van der Waals surface area contributed by atoms with Crippen molar-refractivity contribution in [1.29, 1.82) is 0 Å². The molecule has 0 saturated heterocycles. The highest BCUT2D eigenvalue weighted by molar-refractivity contribution is 14.0. The number of benzene rings is 1. The van der Waals surface area contributed by atoms with Gasteiger partial charge in [0.2, 0.25) is 0 Å². The topological polar surface area (TPSA) is 56.7 Å². The smallest absolute Gasteiger partial charge is 0.251 e. The Kier molecular flexibility index (Phi) is 12.0. The minimum atomic E-state index is -0.0414. The summed E-state index contributed by atoms with van der Waals surface area (Å²) in [5.41, 5.74) is 1.73. The molecule has 6 heteroatoms. The van der Waals surface area contributed by atoms with Crippen LogP contribution in [-0.2, 0) is 6.54 Å². The van der Waals surface area contributed by atoms with Crippen molar-refractivity contribution in [3.8, 4) is 0 Å². The standard InChI is InChI=1S/C18H28N4O.HI/c1-5-7-8-12-22(4)18(19-3)21-14-15-10-9-11-16(13-15)17(23)20-6-2;/h5,9-11,13H,1,6-8,12,14H2,2-4H3,(H,19,21)(H,20,23);1H. The van der Waals surface area contributed by atoms with Gasteiger partial charge in [0.15, 0.2) is 5.96 Å². The maximum atomic E-state index is 11.9. The van der Waals surface area contributed by atoms with E-state index < -0.39 is 0 Å². The predicted octanol–water partition coefficient (Wildman–Crippen LogP) is 3.03. The van der Waals surface area contributed by atoms with Gasteiger partial charge in [-0.1, -0.05) is 18.2 Å². The van der Waals surface area contributed by atoms with E-state index in [2.05, 4.69) is 27.1 Å². The molecule has 0 aliphatic rings. The molecule has 0 atom stereocenters. The van der Waals surface area contributed by atoms with E-state index in [1.165, 1.54) is 0 Å². The number of halogens is 1. The van der Waals surface area contributed by atoms with E-state index in [4.69, 9.17) is 0 Å². The average Bonchev–Trinajstić information content (AvgIpc) is 2.56. The van der Waals surface area contributed by atoms with Crippen LogP contribution in [0.4, 0.5) is 0 Å². The van der Waals surface area contributed by atoms with Crippen molar-refractivity contribution < 1.29 is 4.79 Å². The molecule has 5 nitrogen and oxygen atoms in total. The van der Waals surface area contributed by atoms with Crippen molar-refractivity contribution in [3.05, 3.63) is 48.0 Å². The Morgan fingerprint density at radius 1 is 1.38 bits per heavy atom. The molecule has 1 amide bonds. The van der Waals surface area contributed by atoms with Crippen LogP contribution in [0.2, 0.25) is 0 Å². The van der Waals surface area contributed by atoms with Gasteiger partial charge in [0.05, 0.1) is 0 Å². The Morgan fingerprint density at radius 2 is 2.12 bits per heavy atom. The number of hydrogen-bond donors (Lipinski definition) is 2. The van der Waals surface area contributed by atoms with E-state index in [1.54, 1.807) is 7.05 Å².